The molecule has 7 heteroatoms. The largest absolute Gasteiger partial charge is 0.494 e. The molecule has 3 rings (SSSR count). The third-order valence-corrected chi connectivity index (χ3v) is 3.94. The molecule has 1 aromatic heterocycles. The molecule has 1 atom stereocenters. The standard InChI is InChI=1S/C19H18ClN3O3/c1-3-25-16-10-6-14(7-11-16)18(24)21-12(2)19-22-17(23-26-19)13-4-8-15(20)9-5-13/h4-12H,3H2,1-2H3,(H,21,24)/t12-/m1/s1. The van der Waals surface area contributed by atoms with Crippen LogP contribution in [-0.2, 0) is 0 Å². The highest BCUT2D eigenvalue weighted by Crippen LogP contribution is 2.21. The molecule has 1 heterocycles. The number of ether oxygens (including phenoxy) is 1. The number of halogens is 1. The lowest BCUT2D eigenvalue weighted by Crippen LogP contribution is -2.26. The SMILES string of the molecule is CCOc1ccc(C(=O)N[C@H](C)c2nc(-c3ccc(Cl)cc3)no2)cc1. The van der Waals surface area contributed by atoms with E-state index in [1.54, 1.807) is 55.5 Å². The molecule has 1 amide bonds. The van der Waals surface area contributed by atoms with E-state index in [4.69, 9.17) is 20.9 Å². The molecule has 0 unspecified atom stereocenters. The minimum Gasteiger partial charge on any atom is -0.494 e. The molecule has 6 nitrogen and oxygen atoms in total. The van der Waals surface area contributed by atoms with Crippen LogP contribution in [0.3, 0.4) is 0 Å². The summed E-state index contributed by atoms with van der Waals surface area (Å²) in [6.45, 7) is 4.27. The van der Waals surface area contributed by atoms with Gasteiger partial charge >= 0.3 is 0 Å². The van der Waals surface area contributed by atoms with Gasteiger partial charge in [-0.1, -0.05) is 16.8 Å². The fourth-order valence-corrected chi connectivity index (χ4v) is 2.46. The predicted molar refractivity (Wildman–Crippen MR) is 98.2 cm³/mol. The van der Waals surface area contributed by atoms with Crippen molar-refractivity contribution in [2.24, 2.45) is 0 Å². The smallest absolute Gasteiger partial charge is 0.251 e. The molecule has 0 bridgehead atoms. The maximum absolute atomic E-state index is 12.4. The van der Waals surface area contributed by atoms with Crippen molar-refractivity contribution in [1.29, 1.82) is 0 Å². The normalized spacial score (nSPS) is 11.8. The van der Waals surface area contributed by atoms with Crippen molar-refractivity contribution in [2.75, 3.05) is 6.61 Å². The number of hydrogen-bond acceptors (Lipinski definition) is 5. The number of hydrogen-bond donors (Lipinski definition) is 1. The van der Waals surface area contributed by atoms with Gasteiger partial charge in [0.1, 0.15) is 11.8 Å². The summed E-state index contributed by atoms with van der Waals surface area (Å²) in [5, 5.41) is 7.43. The van der Waals surface area contributed by atoms with Crippen molar-refractivity contribution in [3.63, 3.8) is 0 Å². The highest BCUT2D eigenvalue weighted by molar-refractivity contribution is 6.30. The summed E-state index contributed by atoms with van der Waals surface area (Å²) in [6, 6.07) is 13.6. The maximum Gasteiger partial charge on any atom is 0.251 e. The molecule has 0 radical (unpaired) electrons. The van der Waals surface area contributed by atoms with Gasteiger partial charge in [0.2, 0.25) is 11.7 Å². The first-order chi connectivity index (χ1) is 12.6. The van der Waals surface area contributed by atoms with E-state index in [1.165, 1.54) is 0 Å². The molecular weight excluding hydrogens is 354 g/mol. The second-order valence-corrected chi connectivity index (χ2v) is 6.05. The average Bonchev–Trinajstić information content (AvgIpc) is 3.13. The highest BCUT2D eigenvalue weighted by Gasteiger charge is 2.18. The second kappa shape index (κ2) is 8.01. The fourth-order valence-electron chi connectivity index (χ4n) is 2.34. The van der Waals surface area contributed by atoms with Gasteiger partial charge in [0.15, 0.2) is 0 Å². The van der Waals surface area contributed by atoms with Crippen LogP contribution in [0.25, 0.3) is 11.4 Å². The van der Waals surface area contributed by atoms with Gasteiger partial charge in [-0.15, -0.1) is 0 Å². The minimum atomic E-state index is -0.428. The van der Waals surface area contributed by atoms with Crippen LogP contribution in [-0.4, -0.2) is 22.7 Å². The monoisotopic (exact) mass is 371 g/mol. The summed E-state index contributed by atoms with van der Waals surface area (Å²) in [5.74, 6) is 1.27. The van der Waals surface area contributed by atoms with E-state index in [9.17, 15) is 4.79 Å². The molecule has 134 valence electrons. The Bertz CT molecular complexity index is 876. The first-order valence-corrected chi connectivity index (χ1v) is 8.58. The van der Waals surface area contributed by atoms with Crippen LogP contribution < -0.4 is 10.1 Å². The molecule has 2 aromatic carbocycles. The lowest BCUT2D eigenvalue weighted by atomic mass is 10.2. The van der Waals surface area contributed by atoms with Crippen molar-refractivity contribution >= 4 is 17.5 Å². The molecule has 26 heavy (non-hydrogen) atoms. The molecule has 0 aliphatic rings. The Kier molecular flexibility index (Phi) is 5.53. The van der Waals surface area contributed by atoms with E-state index in [0.29, 0.717) is 28.9 Å². The third kappa shape index (κ3) is 4.21. The van der Waals surface area contributed by atoms with E-state index in [0.717, 1.165) is 11.3 Å². The number of carbonyl (C=O) groups is 1. The van der Waals surface area contributed by atoms with Crippen LogP contribution in [0.15, 0.2) is 53.1 Å². The lowest BCUT2D eigenvalue weighted by molar-refractivity contribution is 0.0932. The summed E-state index contributed by atoms with van der Waals surface area (Å²) in [4.78, 5) is 16.7. The van der Waals surface area contributed by atoms with Crippen LogP contribution in [0.5, 0.6) is 5.75 Å². The van der Waals surface area contributed by atoms with Gasteiger partial charge in [-0.3, -0.25) is 4.79 Å². The lowest BCUT2D eigenvalue weighted by Gasteiger charge is -2.10. The van der Waals surface area contributed by atoms with Crippen molar-refractivity contribution in [3.05, 3.63) is 65.0 Å². The van der Waals surface area contributed by atoms with Gasteiger partial charge in [-0.25, -0.2) is 0 Å². The summed E-state index contributed by atoms with van der Waals surface area (Å²) in [5.41, 5.74) is 1.31. The molecular formula is C19H18ClN3O3. The Labute approximate surface area is 156 Å². The molecule has 0 aliphatic heterocycles. The number of rotatable bonds is 6. The Morgan fingerprint density at radius 3 is 2.54 bits per heavy atom. The summed E-state index contributed by atoms with van der Waals surface area (Å²) in [6.07, 6.45) is 0. The fraction of sp³-hybridized carbons (Fsp3) is 0.211. The summed E-state index contributed by atoms with van der Waals surface area (Å²) in [7, 11) is 0. The predicted octanol–water partition coefficient (Wildman–Crippen LogP) is 4.28. The second-order valence-electron chi connectivity index (χ2n) is 5.62. The number of carbonyl (C=O) groups excluding carboxylic acids is 1. The topological polar surface area (TPSA) is 77.2 Å². The Hall–Kier alpha value is -2.86. The molecule has 0 saturated carbocycles. The van der Waals surface area contributed by atoms with Crippen LogP contribution in [0.4, 0.5) is 0 Å². The van der Waals surface area contributed by atoms with Gasteiger partial charge in [0, 0.05) is 16.1 Å². The van der Waals surface area contributed by atoms with Crippen LogP contribution >= 0.6 is 11.6 Å². The van der Waals surface area contributed by atoms with Crippen molar-refractivity contribution < 1.29 is 14.1 Å². The number of benzene rings is 2. The molecule has 0 saturated heterocycles. The third-order valence-electron chi connectivity index (χ3n) is 3.69. The first kappa shape index (κ1) is 17.9. The molecule has 0 aliphatic carbocycles. The summed E-state index contributed by atoms with van der Waals surface area (Å²) < 4.78 is 10.6. The van der Waals surface area contributed by atoms with E-state index < -0.39 is 6.04 Å². The van der Waals surface area contributed by atoms with Gasteiger partial charge in [-0.2, -0.15) is 4.98 Å². The van der Waals surface area contributed by atoms with Crippen LogP contribution in [0.1, 0.15) is 36.1 Å². The summed E-state index contributed by atoms with van der Waals surface area (Å²) >= 11 is 5.88. The van der Waals surface area contributed by atoms with E-state index in [1.807, 2.05) is 6.92 Å². The molecule has 0 fully saturated rings. The van der Waals surface area contributed by atoms with E-state index in [-0.39, 0.29) is 5.91 Å². The zero-order valence-electron chi connectivity index (χ0n) is 14.4. The average molecular weight is 372 g/mol. The Morgan fingerprint density at radius 2 is 1.88 bits per heavy atom. The van der Waals surface area contributed by atoms with Crippen LogP contribution in [0, 0.1) is 0 Å². The van der Waals surface area contributed by atoms with Crippen molar-refractivity contribution in [2.45, 2.75) is 19.9 Å². The van der Waals surface area contributed by atoms with E-state index in [2.05, 4.69) is 15.5 Å². The van der Waals surface area contributed by atoms with Crippen molar-refractivity contribution in [1.82, 2.24) is 15.5 Å². The first-order valence-electron chi connectivity index (χ1n) is 8.20. The number of aromatic nitrogens is 2. The Morgan fingerprint density at radius 1 is 1.19 bits per heavy atom. The van der Waals surface area contributed by atoms with Gasteiger partial charge in [-0.05, 0) is 62.4 Å². The zero-order chi connectivity index (χ0) is 18.5. The van der Waals surface area contributed by atoms with Gasteiger partial charge in [0.05, 0.1) is 6.61 Å². The quantitative estimate of drug-likeness (QED) is 0.699. The Balaban J connectivity index is 1.67. The highest BCUT2D eigenvalue weighted by atomic mass is 35.5. The van der Waals surface area contributed by atoms with Crippen LogP contribution in [0.2, 0.25) is 5.02 Å². The van der Waals surface area contributed by atoms with Crippen molar-refractivity contribution in [3.8, 4) is 17.1 Å². The minimum absolute atomic E-state index is 0.230. The zero-order valence-corrected chi connectivity index (χ0v) is 15.2. The number of nitrogens with zero attached hydrogens (tertiary/aromatic N) is 2. The number of amides is 1. The maximum atomic E-state index is 12.4. The molecule has 1 N–H and O–H groups in total. The van der Waals surface area contributed by atoms with E-state index >= 15 is 0 Å². The molecule has 3 aromatic rings. The number of nitrogens with one attached hydrogen (secondary N) is 1. The van der Waals surface area contributed by atoms with Gasteiger partial charge in [0.25, 0.3) is 5.91 Å². The van der Waals surface area contributed by atoms with Gasteiger partial charge < -0.3 is 14.6 Å². The molecule has 0 spiro atoms.